The van der Waals surface area contributed by atoms with Gasteiger partial charge in [0.15, 0.2) is 0 Å². The number of aryl methyl sites for hydroxylation is 1. The molecule has 3 rings (SSSR count). The predicted octanol–water partition coefficient (Wildman–Crippen LogP) is 3.87. The van der Waals surface area contributed by atoms with E-state index in [-0.39, 0.29) is 18.2 Å². The van der Waals surface area contributed by atoms with Gasteiger partial charge < -0.3 is 15.0 Å². The fourth-order valence-corrected chi connectivity index (χ4v) is 3.60. The van der Waals surface area contributed by atoms with Crippen LogP contribution in [0.15, 0.2) is 42.5 Å². The van der Waals surface area contributed by atoms with Gasteiger partial charge in [0.05, 0.1) is 0 Å². The van der Waals surface area contributed by atoms with E-state index in [1.54, 1.807) is 49.1 Å². The molecule has 0 aromatic heterocycles. The molecular weight excluding hydrogens is 399 g/mol. The quantitative estimate of drug-likeness (QED) is 0.447. The Morgan fingerprint density at radius 3 is 2.42 bits per heavy atom. The monoisotopic (exact) mass is 426 g/mol. The van der Waals surface area contributed by atoms with Crippen molar-refractivity contribution in [3.05, 3.63) is 59.4 Å². The number of nitrogens with one attached hydrogen (secondary N) is 1. The number of hydrogen-bond donors (Lipinski definition) is 1. The van der Waals surface area contributed by atoms with Gasteiger partial charge in [-0.3, -0.25) is 14.4 Å². The molecular formula is C24H27FN2O4. The van der Waals surface area contributed by atoms with Crippen molar-refractivity contribution < 1.29 is 23.5 Å². The van der Waals surface area contributed by atoms with Gasteiger partial charge >= 0.3 is 17.8 Å². The maximum atomic E-state index is 13.0. The average Bonchev–Trinajstić information content (AvgIpc) is 2.77. The smallest absolute Gasteiger partial charge is 0.313 e. The minimum atomic E-state index is -0.714. The van der Waals surface area contributed by atoms with E-state index in [2.05, 4.69) is 5.32 Å². The minimum absolute atomic E-state index is 0.242. The molecule has 31 heavy (non-hydrogen) atoms. The van der Waals surface area contributed by atoms with Gasteiger partial charge in [-0.1, -0.05) is 25.1 Å². The van der Waals surface area contributed by atoms with Gasteiger partial charge in [0.25, 0.3) is 0 Å². The van der Waals surface area contributed by atoms with Crippen molar-refractivity contribution in [3.8, 4) is 5.75 Å². The first-order chi connectivity index (χ1) is 14.9. The highest BCUT2D eigenvalue weighted by atomic mass is 19.1. The topological polar surface area (TPSA) is 75.7 Å². The number of carbonyl (C=O) groups excluding carboxylic acids is 3. The highest BCUT2D eigenvalue weighted by Gasteiger charge is 2.27. The van der Waals surface area contributed by atoms with Crippen molar-refractivity contribution in [2.24, 2.45) is 5.92 Å². The first-order valence-electron chi connectivity index (χ1n) is 10.5. The number of anilines is 1. The maximum absolute atomic E-state index is 13.0. The number of halogens is 1. The van der Waals surface area contributed by atoms with E-state index in [1.807, 2.05) is 0 Å². The number of hydrogen-bond acceptors (Lipinski definition) is 4. The maximum Gasteiger partial charge on any atom is 0.313 e. The van der Waals surface area contributed by atoms with Crippen LogP contribution in [0.4, 0.5) is 10.1 Å². The van der Waals surface area contributed by atoms with Gasteiger partial charge in [0.2, 0.25) is 0 Å². The van der Waals surface area contributed by atoms with Crippen molar-refractivity contribution in [3.63, 3.8) is 0 Å². The van der Waals surface area contributed by atoms with Gasteiger partial charge in [0, 0.05) is 31.3 Å². The van der Waals surface area contributed by atoms with Gasteiger partial charge in [-0.15, -0.1) is 0 Å². The van der Waals surface area contributed by atoms with E-state index in [1.165, 1.54) is 12.1 Å². The van der Waals surface area contributed by atoms with E-state index in [0.717, 1.165) is 30.4 Å². The number of carbonyl (C=O) groups is 3. The van der Waals surface area contributed by atoms with Crippen LogP contribution in [0.2, 0.25) is 0 Å². The molecule has 0 atom stereocenters. The zero-order valence-electron chi connectivity index (χ0n) is 17.8. The van der Waals surface area contributed by atoms with E-state index >= 15 is 0 Å². The molecule has 1 N–H and O–H groups in total. The molecule has 1 fully saturated rings. The molecule has 0 aliphatic carbocycles. The molecule has 0 radical (unpaired) electrons. The Morgan fingerprint density at radius 1 is 1.10 bits per heavy atom. The lowest BCUT2D eigenvalue weighted by atomic mass is 9.90. The summed E-state index contributed by atoms with van der Waals surface area (Å²) in [5.41, 5.74) is 2.23. The molecule has 1 saturated heterocycles. The average molecular weight is 426 g/mol. The summed E-state index contributed by atoms with van der Waals surface area (Å²) >= 11 is 0. The summed E-state index contributed by atoms with van der Waals surface area (Å²) in [6, 6.07) is 11.4. The largest absolute Gasteiger partial charge is 0.426 e. The zero-order valence-corrected chi connectivity index (χ0v) is 17.8. The Labute approximate surface area is 181 Å². The van der Waals surface area contributed by atoms with Crippen LogP contribution >= 0.6 is 0 Å². The minimum Gasteiger partial charge on any atom is -0.426 e. The Hall–Kier alpha value is -3.22. The standard InChI is InChI=1S/C24H27FN2O4/c1-3-22(28)31-21-15-20(9-4-16(21)2)26-23(29)24(30)27-12-10-18(11-13-27)14-17-5-7-19(25)8-6-17/h4-9,15,18H,3,10-14H2,1-2H3,(H,26,29). The van der Waals surface area contributed by atoms with Crippen molar-refractivity contribution >= 4 is 23.5 Å². The third-order valence-corrected chi connectivity index (χ3v) is 5.49. The van der Waals surface area contributed by atoms with Crippen LogP contribution in [0, 0.1) is 18.7 Å². The van der Waals surface area contributed by atoms with Crippen molar-refractivity contribution in [2.75, 3.05) is 18.4 Å². The fraction of sp³-hybridized carbons (Fsp3) is 0.375. The number of likely N-dealkylation sites (tertiary alicyclic amines) is 1. The van der Waals surface area contributed by atoms with Crippen molar-refractivity contribution in [2.45, 2.75) is 39.5 Å². The summed E-state index contributed by atoms with van der Waals surface area (Å²) in [5, 5.41) is 2.60. The number of nitrogens with zero attached hydrogens (tertiary/aromatic N) is 1. The van der Waals surface area contributed by atoms with Gasteiger partial charge in [-0.2, -0.15) is 0 Å². The fourth-order valence-electron chi connectivity index (χ4n) is 3.60. The molecule has 2 amide bonds. The van der Waals surface area contributed by atoms with E-state index in [9.17, 15) is 18.8 Å². The first-order valence-corrected chi connectivity index (χ1v) is 10.5. The molecule has 0 spiro atoms. The number of piperidine rings is 1. The number of amides is 2. The number of rotatable bonds is 5. The number of benzene rings is 2. The van der Waals surface area contributed by atoms with Gasteiger partial charge in [0.1, 0.15) is 11.6 Å². The second kappa shape index (κ2) is 10.2. The SMILES string of the molecule is CCC(=O)Oc1cc(NC(=O)C(=O)N2CCC(Cc3ccc(F)cc3)CC2)ccc1C. The lowest BCUT2D eigenvalue weighted by Gasteiger charge is -2.31. The van der Waals surface area contributed by atoms with Crippen molar-refractivity contribution in [1.82, 2.24) is 4.90 Å². The molecule has 2 aromatic carbocycles. The van der Waals surface area contributed by atoms with E-state index in [0.29, 0.717) is 30.4 Å². The Morgan fingerprint density at radius 2 is 1.77 bits per heavy atom. The summed E-state index contributed by atoms with van der Waals surface area (Å²) in [7, 11) is 0. The summed E-state index contributed by atoms with van der Waals surface area (Å²) in [4.78, 5) is 38.1. The second-order valence-electron chi connectivity index (χ2n) is 7.83. The highest BCUT2D eigenvalue weighted by molar-refractivity contribution is 6.39. The molecule has 7 heteroatoms. The Kier molecular flexibility index (Phi) is 7.39. The van der Waals surface area contributed by atoms with Crippen LogP contribution in [-0.4, -0.2) is 35.8 Å². The molecule has 0 bridgehead atoms. The molecule has 1 aliphatic rings. The third kappa shape index (κ3) is 6.13. The van der Waals surface area contributed by atoms with Crippen LogP contribution in [0.25, 0.3) is 0 Å². The summed E-state index contributed by atoms with van der Waals surface area (Å²) in [6.07, 6.45) is 2.65. The molecule has 164 valence electrons. The lowest BCUT2D eigenvalue weighted by Crippen LogP contribution is -2.44. The van der Waals surface area contributed by atoms with Crippen molar-refractivity contribution in [1.29, 1.82) is 0 Å². The normalized spacial score (nSPS) is 14.2. The van der Waals surface area contributed by atoms with Gasteiger partial charge in [-0.05, 0) is 61.4 Å². The summed E-state index contributed by atoms with van der Waals surface area (Å²) < 4.78 is 18.3. The van der Waals surface area contributed by atoms with E-state index < -0.39 is 11.8 Å². The van der Waals surface area contributed by atoms with Gasteiger partial charge in [-0.25, -0.2) is 4.39 Å². The molecule has 6 nitrogen and oxygen atoms in total. The molecule has 0 saturated carbocycles. The zero-order chi connectivity index (χ0) is 22.4. The van der Waals surface area contributed by atoms with Crippen LogP contribution in [0.5, 0.6) is 5.75 Å². The third-order valence-electron chi connectivity index (χ3n) is 5.49. The van der Waals surface area contributed by atoms with Crippen LogP contribution in [0.1, 0.15) is 37.3 Å². The second-order valence-corrected chi connectivity index (χ2v) is 7.83. The lowest BCUT2D eigenvalue weighted by molar-refractivity contribution is -0.144. The van der Waals surface area contributed by atoms with Crippen LogP contribution in [-0.2, 0) is 20.8 Å². The Balaban J connectivity index is 1.53. The number of esters is 1. The summed E-state index contributed by atoms with van der Waals surface area (Å²) in [6.45, 7) is 4.51. The predicted molar refractivity (Wildman–Crippen MR) is 115 cm³/mol. The molecule has 0 unspecified atom stereocenters. The number of ether oxygens (including phenoxy) is 1. The van der Waals surface area contributed by atoms with Crippen LogP contribution in [0.3, 0.4) is 0 Å². The molecule has 1 heterocycles. The Bertz CT molecular complexity index is 951. The molecule has 1 aliphatic heterocycles. The summed E-state index contributed by atoms with van der Waals surface area (Å²) in [5.74, 6) is -1.16. The first kappa shape index (κ1) is 22.5. The highest BCUT2D eigenvalue weighted by Crippen LogP contribution is 2.24. The molecule has 2 aromatic rings. The van der Waals surface area contributed by atoms with Crippen LogP contribution < -0.4 is 10.1 Å². The van der Waals surface area contributed by atoms with E-state index in [4.69, 9.17) is 4.74 Å².